The summed E-state index contributed by atoms with van der Waals surface area (Å²) in [5, 5.41) is 0. The molecule has 3 aromatic carbocycles. The lowest BCUT2D eigenvalue weighted by Gasteiger charge is -2.14. The quantitative estimate of drug-likeness (QED) is 0.0619. The molecule has 0 saturated carbocycles. The van der Waals surface area contributed by atoms with Gasteiger partial charge in [-0.15, -0.1) is 0 Å². The Morgan fingerprint density at radius 2 is 1.09 bits per heavy atom. The van der Waals surface area contributed by atoms with Crippen molar-refractivity contribution in [3.05, 3.63) is 89.5 Å². The van der Waals surface area contributed by atoms with Crippen LogP contribution in [0.25, 0.3) is 11.1 Å². The van der Waals surface area contributed by atoms with E-state index >= 15 is 0 Å². The number of carbonyl (C=O) groups is 1. The summed E-state index contributed by atoms with van der Waals surface area (Å²) in [4.78, 5) is 13.0. The number of esters is 1. The van der Waals surface area contributed by atoms with E-state index in [1.807, 2.05) is 42.5 Å². The minimum atomic E-state index is -0.310. The van der Waals surface area contributed by atoms with Crippen molar-refractivity contribution in [1.82, 2.24) is 0 Å². The SMILES string of the molecule is CCCCCCCCCCCCOC(C)c1ccc(-c2ccc(C(=O)Oc3ccccc3CCCCCCCC)cc2)cc1. The highest BCUT2D eigenvalue weighted by Gasteiger charge is 2.12. The van der Waals surface area contributed by atoms with Crippen LogP contribution in [0.15, 0.2) is 72.8 Å². The molecule has 0 N–H and O–H groups in total. The predicted molar refractivity (Wildman–Crippen MR) is 187 cm³/mol. The molecule has 3 heteroatoms. The Morgan fingerprint density at radius 3 is 1.68 bits per heavy atom. The van der Waals surface area contributed by atoms with Crippen molar-refractivity contribution >= 4 is 5.97 Å². The second-order valence-corrected chi connectivity index (χ2v) is 12.4. The van der Waals surface area contributed by atoms with Gasteiger partial charge in [-0.05, 0) is 66.6 Å². The molecule has 3 rings (SSSR count). The van der Waals surface area contributed by atoms with Gasteiger partial charge in [0.05, 0.1) is 11.7 Å². The maximum Gasteiger partial charge on any atom is 0.343 e. The summed E-state index contributed by atoms with van der Waals surface area (Å²) in [6.45, 7) is 7.47. The number of unbranched alkanes of at least 4 members (excludes halogenated alkanes) is 14. The molecule has 0 amide bonds. The third kappa shape index (κ3) is 13.4. The minimum absolute atomic E-state index is 0.0868. The molecular formula is C41H58O3. The first kappa shape index (κ1) is 35.6. The molecule has 3 nitrogen and oxygen atoms in total. The number of carbonyl (C=O) groups excluding carboxylic acids is 1. The third-order valence-corrected chi connectivity index (χ3v) is 8.67. The highest BCUT2D eigenvalue weighted by molar-refractivity contribution is 5.91. The Kier molecular flexibility index (Phi) is 17.6. The number of ether oxygens (including phenoxy) is 2. The van der Waals surface area contributed by atoms with Gasteiger partial charge >= 0.3 is 5.97 Å². The number of rotatable bonds is 23. The first-order valence-corrected chi connectivity index (χ1v) is 17.7. The Hall–Kier alpha value is -2.91. The summed E-state index contributed by atoms with van der Waals surface area (Å²) < 4.78 is 12.0. The number of hydrogen-bond acceptors (Lipinski definition) is 3. The van der Waals surface area contributed by atoms with E-state index in [0.29, 0.717) is 11.3 Å². The van der Waals surface area contributed by atoms with Crippen molar-refractivity contribution in [2.45, 2.75) is 136 Å². The van der Waals surface area contributed by atoms with Crippen molar-refractivity contribution in [2.24, 2.45) is 0 Å². The Morgan fingerprint density at radius 1 is 0.591 bits per heavy atom. The van der Waals surface area contributed by atoms with Crippen molar-refractivity contribution in [3.63, 3.8) is 0 Å². The van der Waals surface area contributed by atoms with Crippen LogP contribution in [-0.4, -0.2) is 12.6 Å². The van der Waals surface area contributed by atoms with E-state index < -0.39 is 0 Å². The van der Waals surface area contributed by atoms with Crippen molar-refractivity contribution in [2.75, 3.05) is 6.61 Å². The van der Waals surface area contributed by atoms with E-state index in [2.05, 4.69) is 51.1 Å². The summed E-state index contributed by atoms with van der Waals surface area (Å²) in [5.41, 5.74) is 5.07. The fraction of sp³-hybridized carbons (Fsp3) is 0.537. The highest BCUT2D eigenvalue weighted by Crippen LogP contribution is 2.26. The van der Waals surface area contributed by atoms with Gasteiger partial charge in [-0.3, -0.25) is 0 Å². The summed E-state index contributed by atoms with van der Waals surface area (Å²) in [6, 6.07) is 24.2. The van der Waals surface area contributed by atoms with Crippen molar-refractivity contribution in [3.8, 4) is 16.9 Å². The van der Waals surface area contributed by atoms with Gasteiger partial charge in [0, 0.05) is 6.61 Å². The molecule has 0 heterocycles. The van der Waals surface area contributed by atoms with E-state index in [0.717, 1.165) is 42.6 Å². The third-order valence-electron chi connectivity index (χ3n) is 8.67. The number of hydrogen-bond donors (Lipinski definition) is 0. The van der Waals surface area contributed by atoms with Crippen LogP contribution in [0, 0.1) is 0 Å². The normalized spacial score (nSPS) is 11.9. The second kappa shape index (κ2) is 21.7. The van der Waals surface area contributed by atoms with Crippen LogP contribution in [0.4, 0.5) is 0 Å². The largest absolute Gasteiger partial charge is 0.423 e. The Labute approximate surface area is 268 Å². The molecule has 1 unspecified atom stereocenters. The van der Waals surface area contributed by atoms with Crippen LogP contribution in [0.2, 0.25) is 0 Å². The van der Waals surface area contributed by atoms with Gasteiger partial charge in [-0.1, -0.05) is 158 Å². The molecule has 0 saturated heterocycles. The average molecular weight is 599 g/mol. The van der Waals surface area contributed by atoms with Crippen LogP contribution >= 0.6 is 0 Å². The molecule has 240 valence electrons. The number of aryl methyl sites for hydroxylation is 1. The zero-order chi connectivity index (χ0) is 31.2. The topological polar surface area (TPSA) is 35.5 Å². The van der Waals surface area contributed by atoms with Gasteiger partial charge in [-0.25, -0.2) is 4.79 Å². The van der Waals surface area contributed by atoms with E-state index in [-0.39, 0.29) is 12.1 Å². The van der Waals surface area contributed by atoms with Crippen LogP contribution in [0.3, 0.4) is 0 Å². The molecule has 0 aromatic heterocycles. The minimum Gasteiger partial charge on any atom is -0.423 e. The van der Waals surface area contributed by atoms with E-state index in [1.165, 1.54) is 95.5 Å². The smallest absolute Gasteiger partial charge is 0.343 e. The molecule has 0 aliphatic rings. The van der Waals surface area contributed by atoms with Gasteiger partial charge in [-0.2, -0.15) is 0 Å². The molecule has 0 bridgehead atoms. The van der Waals surface area contributed by atoms with Gasteiger partial charge in [0.1, 0.15) is 5.75 Å². The number of para-hydroxylation sites is 1. The lowest BCUT2D eigenvalue weighted by molar-refractivity contribution is 0.0627. The zero-order valence-corrected chi connectivity index (χ0v) is 28.0. The summed E-state index contributed by atoms with van der Waals surface area (Å²) in [7, 11) is 0. The summed E-state index contributed by atoms with van der Waals surface area (Å²) in [5.74, 6) is 0.367. The molecule has 1 atom stereocenters. The summed E-state index contributed by atoms with van der Waals surface area (Å²) in [6.07, 6.45) is 21.9. The summed E-state index contributed by atoms with van der Waals surface area (Å²) >= 11 is 0. The van der Waals surface area contributed by atoms with Gasteiger partial charge in [0.2, 0.25) is 0 Å². The number of benzene rings is 3. The standard InChI is InChI=1S/C41H58O3/c1-4-6-8-10-12-13-14-15-17-21-33-43-34(3)35-25-27-36(28-26-35)37-29-31-39(32-30-37)41(42)44-40-24-20-19-23-38(40)22-18-16-11-9-7-5-2/h19-20,23-32,34H,4-18,21-22,33H2,1-3H3. The van der Waals surface area contributed by atoms with Gasteiger partial charge in [0.25, 0.3) is 0 Å². The van der Waals surface area contributed by atoms with Crippen LogP contribution in [-0.2, 0) is 11.2 Å². The first-order valence-electron chi connectivity index (χ1n) is 17.7. The lowest BCUT2D eigenvalue weighted by Crippen LogP contribution is -2.09. The fourth-order valence-electron chi connectivity index (χ4n) is 5.76. The lowest BCUT2D eigenvalue weighted by atomic mass is 10.0. The molecule has 0 aliphatic carbocycles. The average Bonchev–Trinajstić information content (AvgIpc) is 3.06. The van der Waals surface area contributed by atoms with Crippen molar-refractivity contribution in [1.29, 1.82) is 0 Å². The highest BCUT2D eigenvalue weighted by atomic mass is 16.5. The van der Waals surface area contributed by atoms with E-state index in [9.17, 15) is 4.79 Å². The van der Waals surface area contributed by atoms with Crippen LogP contribution in [0.1, 0.15) is 151 Å². The second-order valence-electron chi connectivity index (χ2n) is 12.4. The van der Waals surface area contributed by atoms with E-state index in [1.54, 1.807) is 0 Å². The molecule has 44 heavy (non-hydrogen) atoms. The molecule has 0 aliphatic heterocycles. The molecule has 0 radical (unpaired) electrons. The zero-order valence-electron chi connectivity index (χ0n) is 28.0. The fourth-order valence-corrected chi connectivity index (χ4v) is 5.76. The van der Waals surface area contributed by atoms with Gasteiger partial charge in [0.15, 0.2) is 0 Å². The molecular weight excluding hydrogens is 540 g/mol. The maximum atomic E-state index is 13.0. The molecule has 0 spiro atoms. The Bertz CT molecular complexity index is 1170. The Balaban J connectivity index is 1.39. The van der Waals surface area contributed by atoms with E-state index in [4.69, 9.17) is 9.47 Å². The maximum absolute atomic E-state index is 13.0. The van der Waals surface area contributed by atoms with Crippen molar-refractivity contribution < 1.29 is 14.3 Å². The first-order chi connectivity index (χ1) is 21.6. The molecule has 0 fully saturated rings. The van der Waals surface area contributed by atoms with Crippen LogP contribution in [0.5, 0.6) is 5.75 Å². The molecule has 3 aromatic rings. The van der Waals surface area contributed by atoms with Crippen LogP contribution < -0.4 is 4.74 Å². The van der Waals surface area contributed by atoms with Gasteiger partial charge < -0.3 is 9.47 Å². The predicted octanol–water partition coefficient (Wildman–Crippen LogP) is 12.5. The monoisotopic (exact) mass is 598 g/mol.